The van der Waals surface area contributed by atoms with E-state index in [9.17, 15) is 4.79 Å². The van der Waals surface area contributed by atoms with Gasteiger partial charge in [0.05, 0.1) is 23.2 Å². The molecule has 1 aliphatic heterocycles. The Labute approximate surface area is 244 Å². The summed E-state index contributed by atoms with van der Waals surface area (Å²) in [5, 5.41) is 0.903. The van der Waals surface area contributed by atoms with Crippen LogP contribution in [0.3, 0.4) is 0 Å². The van der Waals surface area contributed by atoms with Gasteiger partial charge in [-0.3, -0.25) is 9.69 Å². The second kappa shape index (κ2) is 12.2. The minimum atomic E-state index is -0.0477. The quantitative estimate of drug-likeness (QED) is 0.170. The van der Waals surface area contributed by atoms with E-state index in [0.29, 0.717) is 23.5 Å². The predicted molar refractivity (Wildman–Crippen MR) is 161 cm³/mol. The Morgan fingerprint density at radius 3 is 2.21 bits per heavy atom. The molecule has 0 amide bonds. The lowest BCUT2D eigenvalue weighted by Gasteiger charge is -2.26. The molecule has 1 aliphatic rings. The fourth-order valence-electron chi connectivity index (χ4n) is 4.81. The Morgan fingerprint density at radius 2 is 1.55 bits per heavy atom. The molecule has 0 radical (unpaired) electrons. The van der Waals surface area contributed by atoms with E-state index in [1.54, 1.807) is 25.6 Å². The summed E-state index contributed by atoms with van der Waals surface area (Å²) in [6, 6.07) is 17.4. The molecule has 38 heavy (non-hydrogen) atoms. The largest absolute Gasteiger partial charge is 0.497 e. The number of rotatable bonds is 9. The summed E-state index contributed by atoms with van der Waals surface area (Å²) >= 11 is 8.89. The molecule has 5 nitrogen and oxygen atoms in total. The number of halogens is 2. The Morgan fingerprint density at radius 1 is 0.895 bits per heavy atom. The molecule has 4 aromatic rings. The normalized spacial score (nSPS) is 14.0. The highest BCUT2D eigenvalue weighted by Gasteiger charge is 2.24. The highest BCUT2D eigenvalue weighted by Crippen LogP contribution is 2.43. The zero-order valence-electron chi connectivity index (χ0n) is 21.4. The molecule has 0 aliphatic carbocycles. The SMILES string of the molecule is COc1ccc(-c2sc3cc(OC)ccc3c2C(=O)c2cc(Br)c(OCCN3CCCCC3)c(Br)c2)cc1. The number of carbonyl (C=O) groups excluding carboxylic acids is 1. The molecule has 0 unspecified atom stereocenters. The second-order valence-corrected chi connectivity index (χ2v) is 12.0. The average molecular weight is 659 g/mol. The Bertz CT molecular complexity index is 1420. The summed E-state index contributed by atoms with van der Waals surface area (Å²) < 4.78 is 19.4. The molecule has 0 bridgehead atoms. The second-order valence-electron chi connectivity index (χ2n) is 9.25. The number of methoxy groups -OCH3 is 2. The van der Waals surface area contributed by atoms with E-state index < -0.39 is 0 Å². The molecule has 1 saturated heterocycles. The molecule has 8 heteroatoms. The molecule has 198 valence electrons. The van der Waals surface area contributed by atoms with Gasteiger partial charge in [-0.05, 0) is 118 Å². The third-order valence-corrected chi connectivity index (χ3v) is 9.22. The maximum Gasteiger partial charge on any atom is 0.195 e. The van der Waals surface area contributed by atoms with Crippen LogP contribution in [0.4, 0.5) is 0 Å². The van der Waals surface area contributed by atoms with Crippen LogP contribution in [0.25, 0.3) is 20.5 Å². The predicted octanol–water partition coefficient (Wildman–Crippen LogP) is 8.21. The topological polar surface area (TPSA) is 48.0 Å². The van der Waals surface area contributed by atoms with Gasteiger partial charge in [0.25, 0.3) is 0 Å². The highest BCUT2D eigenvalue weighted by molar-refractivity contribution is 9.11. The van der Waals surface area contributed by atoms with E-state index >= 15 is 0 Å². The van der Waals surface area contributed by atoms with Crippen molar-refractivity contribution in [2.45, 2.75) is 19.3 Å². The summed E-state index contributed by atoms with van der Waals surface area (Å²) in [4.78, 5) is 17.4. The van der Waals surface area contributed by atoms with E-state index in [1.165, 1.54) is 19.3 Å². The molecule has 0 atom stereocenters. The summed E-state index contributed by atoms with van der Waals surface area (Å²) in [6.45, 7) is 3.77. The van der Waals surface area contributed by atoms with Crippen molar-refractivity contribution >= 4 is 59.1 Å². The maximum absolute atomic E-state index is 14.1. The molecule has 3 aromatic carbocycles. The summed E-state index contributed by atoms with van der Waals surface area (Å²) in [5.74, 6) is 2.20. The molecular formula is C30H29Br2NO4S. The molecule has 5 rings (SSSR count). The van der Waals surface area contributed by atoms with Crippen LogP contribution in [0.1, 0.15) is 35.2 Å². The molecule has 1 aromatic heterocycles. The molecular weight excluding hydrogens is 630 g/mol. The number of carbonyl (C=O) groups is 1. The van der Waals surface area contributed by atoms with Gasteiger partial charge in [0.15, 0.2) is 5.78 Å². The Hall–Kier alpha value is -2.39. The van der Waals surface area contributed by atoms with Gasteiger partial charge in [-0.15, -0.1) is 11.3 Å². The van der Waals surface area contributed by atoms with E-state index in [2.05, 4.69) is 36.8 Å². The number of thiophene rings is 1. The standard InChI is InChI=1S/C30H29Br2NO4S/c1-35-21-8-6-19(7-9-21)30-27(23-11-10-22(36-2)18-26(23)38-30)28(34)20-16-24(31)29(25(32)17-20)37-15-14-33-12-4-3-5-13-33/h6-11,16-18H,3-5,12-15H2,1-2H3. The number of fused-ring (bicyclic) bond motifs is 1. The molecule has 0 spiro atoms. The first-order valence-electron chi connectivity index (χ1n) is 12.6. The van der Waals surface area contributed by atoms with Crippen molar-refractivity contribution in [3.63, 3.8) is 0 Å². The molecule has 0 saturated carbocycles. The van der Waals surface area contributed by atoms with Gasteiger partial charge < -0.3 is 14.2 Å². The van der Waals surface area contributed by atoms with E-state index in [0.717, 1.165) is 60.6 Å². The Balaban J connectivity index is 1.47. The van der Waals surface area contributed by atoms with Crippen LogP contribution in [-0.4, -0.2) is 51.1 Å². The van der Waals surface area contributed by atoms with Gasteiger partial charge in [-0.1, -0.05) is 6.42 Å². The van der Waals surface area contributed by atoms with Crippen molar-refractivity contribution in [2.75, 3.05) is 40.5 Å². The lowest BCUT2D eigenvalue weighted by Crippen LogP contribution is -2.33. The monoisotopic (exact) mass is 657 g/mol. The number of benzene rings is 3. The minimum absolute atomic E-state index is 0.0477. The third kappa shape index (κ3) is 5.78. The lowest BCUT2D eigenvalue weighted by atomic mass is 9.97. The first kappa shape index (κ1) is 27.2. The lowest BCUT2D eigenvalue weighted by molar-refractivity contribution is 0.104. The van der Waals surface area contributed by atoms with Gasteiger partial charge in [0.1, 0.15) is 23.9 Å². The summed E-state index contributed by atoms with van der Waals surface area (Å²) in [6.07, 6.45) is 3.83. The number of nitrogens with zero attached hydrogens (tertiary/aromatic N) is 1. The van der Waals surface area contributed by atoms with Crippen LogP contribution in [0.2, 0.25) is 0 Å². The zero-order valence-corrected chi connectivity index (χ0v) is 25.4. The van der Waals surface area contributed by atoms with Crippen LogP contribution >= 0.6 is 43.2 Å². The van der Waals surface area contributed by atoms with E-state index in [-0.39, 0.29) is 5.78 Å². The first-order valence-corrected chi connectivity index (χ1v) is 15.0. The van der Waals surface area contributed by atoms with Crippen molar-refractivity contribution in [2.24, 2.45) is 0 Å². The number of likely N-dealkylation sites (tertiary alicyclic amines) is 1. The highest BCUT2D eigenvalue weighted by atomic mass is 79.9. The number of hydrogen-bond donors (Lipinski definition) is 0. The van der Waals surface area contributed by atoms with Gasteiger partial charge >= 0.3 is 0 Å². The first-order chi connectivity index (χ1) is 18.5. The van der Waals surface area contributed by atoms with Crippen LogP contribution in [-0.2, 0) is 0 Å². The van der Waals surface area contributed by atoms with Crippen molar-refractivity contribution in [1.82, 2.24) is 4.90 Å². The van der Waals surface area contributed by atoms with Crippen molar-refractivity contribution in [1.29, 1.82) is 0 Å². The fraction of sp³-hybridized carbons (Fsp3) is 0.300. The smallest absolute Gasteiger partial charge is 0.195 e. The van der Waals surface area contributed by atoms with E-state index in [4.69, 9.17) is 14.2 Å². The number of piperidine rings is 1. The van der Waals surface area contributed by atoms with Gasteiger partial charge in [-0.2, -0.15) is 0 Å². The number of ketones is 1. The van der Waals surface area contributed by atoms with Crippen LogP contribution in [0.5, 0.6) is 17.2 Å². The Kier molecular flexibility index (Phi) is 8.73. The minimum Gasteiger partial charge on any atom is -0.497 e. The molecule has 0 N–H and O–H groups in total. The van der Waals surface area contributed by atoms with Gasteiger partial charge in [0, 0.05) is 32.6 Å². The van der Waals surface area contributed by atoms with Crippen molar-refractivity contribution in [3.8, 4) is 27.7 Å². The van der Waals surface area contributed by atoms with Crippen molar-refractivity contribution in [3.05, 3.63) is 74.7 Å². The van der Waals surface area contributed by atoms with Crippen LogP contribution in [0, 0.1) is 0 Å². The van der Waals surface area contributed by atoms with Crippen molar-refractivity contribution < 1.29 is 19.0 Å². The van der Waals surface area contributed by atoms with Gasteiger partial charge in [-0.25, -0.2) is 0 Å². The fourth-order valence-corrected chi connectivity index (χ4v) is 7.46. The number of hydrogen-bond acceptors (Lipinski definition) is 6. The maximum atomic E-state index is 14.1. The van der Waals surface area contributed by atoms with Crippen LogP contribution in [0.15, 0.2) is 63.5 Å². The van der Waals surface area contributed by atoms with E-state index in [1.807, 2.05) is 54.6 Å². The molecule has 2 heterocycles. The van der Waals surface area contributed by atoms with Crippen LogP contribution < -0.4 is 14.2 Å². The zero-order chi connectivity index (χ0) is 26.6. The summed E-state index contributed by atoms with van der Waals surface area (Å²) in [7, 11) is 3.29. The average Bonchev–Trinajstić information content (AvgIpc) is 3.33. The molecule has 1 fully saturated rings. The van der Waals surface area contributed by atoms with Gasteiger partial charge in [0.2, 0.25) is 0 Å². The third-order valence-electron chi connectivity index (χ3n) is 6.84. The number of ether oxygens (including phenoxy) is 3. The summed E-state index contributed by atoms with van der Waals surface area (Å²) in [5.41, 5.74) is 2.22.